The molecule has 1 unspecified atom stereocenters. The van der Waals surface area contributed by atoms with Crippen molar-refractivity contribution in [1.29, 1.82) is 0 Å². The van der Waals surface area contributed by atoms with Gasteiger partial charge < -0.3 is 24.7 Å². The molecule has 0 bridgehead atoms. The molecule has 1 atom stereocenters. The molecule has 0 aliphatic carbocycles. The first kappa shape index (κ1) is 24.8. The zero-order chi connectivity index (χ0) is 27.9. The van der Waals surface area contributed by atoms with Crippen molar-refractivity contribution < 1.29 is 14.3 Å². The Hall–Kier alpha value is -5.25. The normalized spacial score (nSPS) is 15.8. The Morgan fingerprint density at radius 3 is 2.80 bits per heavy atom. The molecule has 4 aromatic heterocycles. The molecule has 0 saturated carbocycles. The molecule has 0 radical (unpaired) electrons. The third-order valence-corrected chi connectivity index (χ3v) is 7.45. The van der Waals surface area contributed by atoms with Crippen LogP contribution < -0.4 is 20.3 Å². The molecule has 7 rings (SSSR count). The van der Waals surface area contributed by atoms with Crippen molar-refractivity contribution in [2.24, 2.45) is 0 Å². The molecule has 6 heterocycles. The number of hydrogen-bond donors (Lipinski definition) is 2. The van der Waals surface area contributed by atoms with E-state index in [0.29, 0.717) is 23.6 Å². The third-order valence-electron chi connectivity index (χ3n) is 7.45. The number of carbonyl (C=O) groups excluding carboxylic acids is 2. The summed E-state index contributed by atoms with van der Waals surface area (Å²) < 4.78 is 8.17. The minimum absolute atomic E-state index is 0.150. The summed E-state index contributed by atoms with van der Waals surface area (Å²) >= 11 is 0. The fourth-order valence-electron chi connectivity index (χ4n) is 5.48. The number of hydrogen-bond acceptors (Lipinski definition) is 7. The molecular weight excluding hydrogens is 518 g/mol. The van der Waals surface area contributed by atoms with Crippen molar-refractivity contribution in [3.63, 3.8) is 0 Å². The summed E-state index contributed by atoms with van der Waals surface area (Å²) in [5, 5.41) is 6.21. The van der Waals surface area contributed by atoms with Gasteiger partial charge >= 0.3 is 0 Å². The zero-order valence-corrected chi connectivity index (χ0v) is 22.4. The molecule has 204 valence electrons. The van der Waals surface area contributed by atoms with Gasteiger partial charge in [0.05, 0.1) is 35.9 Å². The minimum Gasteiger partial charge on any atom is -0.485 e. The van der Waals surface area contributed by atoms with E-state index >= 15 is 0 Å². The fourth-order valence-corrected chi connectivity index (χ4v) is 5.48. The second kappa shape index (κ2) is 10.1. The molecule has 1 fully saturated rings. The van der Waals surface area contributed by atoms with E-state index in [1.54, 1.807) is 18.6 Å². The van der Waals surface area contributed by atoms with Crippen LogP contribution in [0, 0.1) is 0 Å². The molecule has 41 heavy (non-hydrogen) atoms. The van der Waals surface area contributed by atoms with Crippen LogP contribution in [0.4, 0.5) is 22.9 Å². The van der Waals surface area contributed by atoms with Crippen molar-refractivity contribution in [1.82, 2.24) is 19.4 Å². The highest BCUT2D eigenvalue weighted by atomic mass is 16.5. The lowest BCUT2D eigenvalue weighted by Crippen LogP contribution is -2.24. The van der Waals surface area contributed by atoms with Crippen molar-refractivity contribution >= 4 is 40.3 Å². The van der Waals surface area contributed by atoms with Gasteiger partial charge in [-0.15, -0.1) is 0 Å². The molecule has 1 aromatic carbocycles. The van der Waals surface area contributed by atoms with E-state index in [4.69, 9.17) is 4.74 Å². The Morgan fingerprint density at radius 2 is 1.93 bits per heavy atom. The molecule has 2 N–H and O–H groups in total. The van der Waals surface area contributed by atoms with Crippen LogP contribution in [-0.4, -0.2) is 37.7 Å². The van der Waals surface area contributed by atoms with Gasteiger partial charge in [0.25, 0.3) is 0 Å². The van der Waals surface area contributed by atoms with Crippen LogP contribution in [0.3, 0.4) is 0 Å². The molecule has 10 heteroatoms. The summed E-state index contributed by atoms with van der Waals surface area (Å²) in [6.45, 7) is 2.74. The maximum Gasteiger partial charge on any atom is 0.230 e. The van der Waals surface area contributed by atoms with Crippen LogP contribution in [0.2, 0.25) is 0 Å². The number of carbonyl (C=O) groups is 2. The molecule has 10 nitrogen and oxygen atoms in total. The van der Waals surface area contributed by atoms with Crippen LogP contribution in [0.25, 0.3) is 16.8 Å². The fraction of sp³-hybridized carbons (Fsp3) is 0.194. The Balaban J connectivity index is 1.07. The number of pyridine rings is 3. The van der Waals surface area contributed by atoms with E-state index in [2.05, 4.69) is 25.6 Å². The van der Waals surface area contributed by atoms with Gasteiger partial charge in [-0.05, 0) is 49.7 Å². The first-order valence-electron chi connectivity index (χ1n) is 13.6. The standard InChI is InChI=1S/C31H27N7O3/c1-19-25-14-28(33-18-26(25)24-8-7-22(12-27(24)41-19)38-10-4-6-31(38)40)35-20-11-21(16-32-15-20)36-30(39)13-23-17-34-29-5-2-3-9-37(23)29/h2-3,5,7-9,11-12,14-19H,4,6,10,13H2,1H3,(H,33,35)(H,36,39). The number of fused-ring (bicyclic) bond motifs is 4. The van der Waals surface area contributed by atoms with Crippen molar-refractivity contribution in [2.45, 2.75) is 32.3 Å². The zero-order valence-electron chi connectivity index (χ0n) is 22.4. The number of imidazole rings is 1. The maximum atomic E-state index is 12.8. The van der Waals surface area contributed by atoms with E-state index in [1.807, 2.05) is 77.1 Å². The summed E-state index contributed by atoms with van der Waals surface area (Å²) in [7, 11) is 0. The number of rotatable bonds is 6. The van der Waals surface area contributed by atoms with Crippen molar-refractivity contribution in [3.05, 3.63) is 90.8 Å². The predicted molar refractivity (Wildman–Crippen MR) is 155 cm³/mol. The quantitative estimate of drug-likeness (QED) is 0.298. The Bertz CT molecular complexity index is 1820. The molecule has 2 amide bonds. The van der Waals surface area contributed by atoms with Crippen molar-refractivity contribution in [2.75, 3.05) is 22.1 Å². The molecule has 1 saturated heterocycles. The highest BCUT2D eigenvalue weighted by molar-refractivity contribution is 5.96. The summed E-state index contributed by atoms with van der Waals surface area (Å²) in [6, 6.07) is 15.4. The van der Waals surface area contributed by atoms with Gasteiger partial charge in [-0.3, -0.25) is 14.6 Å². The average molecular weight is 546 g/mol. The average Bonchev–Trinajstić information content (AvgIpc) is 3.59. The van der Waals surface area contributed by atoms with E-state index in [9.17, 15) is 9.59 Å². The monoisotopic (exact) mass is 545 g/mol. The van der Waals surface area contributed by atoms with Gasteiger partial charge in [-0.1, -0.05) is 6.07 Å². The summed E-state index contributed by atoms with van der Waals surface area (Å²) in [5.41, 5.74) is 6.68. The predicted octanol–water partition coefficient (Wildman–Crippen LogP) is 5.30. The van der Waals surface area contributed by atoms with E-state index < -0.39 is 0 Å². The number of ether oxygens (including phenoxy) is 1. The largest absolute Gasteiger partial charge is 0.485 e. The number of nitrogens with zero attached hydrogens (tertiary/aromatic N) is 5. The molecule has 5 aromatic rings. The number of anilines is 4. The van der Waals surface area contributed by atoms with E-state index in [-0.39, 0.29) is 24.3 Å². The van der Waals surface area contributed by atoms with E-state index in [1.165, 1.54) is 0 Å². The molecule has 2 aliphatic heterocycles. The Kier molecular flexibility index (Phi) is 6.07. The highest BCUT2D eigenvalue weighted by Crippen LogP contribution is 2.44. The van der Waals surface area contributed by atoms with Crippen LogP contribution in [-0.2, 0) is 16.0 Å². The number of benzene rings is 1. The Morgan fingerprint density at radius 1 is 1.02 bits per heavy atom. The van der Waals surface area contributed by atoms with Gasteiger partial charge in [0, 0.05) is 60.0 Å². The van der Waals surface area contributed by atoms with Crippen LogP contribution in [0.15, 0.2) is 79.5 Å². The van der Waals surface area contributed by atoms with Gasteiger partial charge in [0.15, 0.2) is 0 Å². The van der Waals surface area contributed by atoms with E-state index in [0.717, 1.165) is 52.4 Å². The summed E-state index contributed by atoms with van der Waals surface area (Å²) in [6.07, 6.45) is 10.2. The second-order valence-corrected chi connectivity index (χ2v) is 10.2. The first-order valence-corrected chi connectivity index (χ1v) is 13.6. The number of amides is 2. The lowest BCUT2D eigenvalue weighted by atomic mass is 9.94. The lowest BCUT2D eigenvalue weighted by molar-refractivity contribution is -0.117. The van der Waals surface area contributed by atoms with Crippen molar-refractivity contribution in [3.8, 4) is 16.9 Å². The summed E-state index contributed by atoms with van der Waals surface area (Å²) in [4.78, 5) is 40.1. The SMILES string of the molecule is CC1Oc2cc(N3CCCC3=O)ccc2-c2cnc(Nc3cncc(NC(=O)Cc4cnc5ccccn45)c3)cc21. The van der Waals surface area contributed by atoms with Gasteiger partial charge in [-0.25, -0.2) is 9.97 Å². The molecular formula is C31H27N7O3. The van der Waals surface area contributed by atoms with Crippen LogP contribution in [0.1, 0.15) is 37.1 Å². The minimum atomic E-state index is -0.200. The van der Waals surface area contributed by atoms with Gasteiger partial charge in [-0.2, -0.15) is 0 Å². The van der Waals surface area contributed by atoms with Crippen LogP contribution in [0.5, 0.6) is 5.75 Å². The number of nitrogens with one attached hydrogen (secondary N) is 2. The smallest absolute Gasteiger partial charge is 0.230 e. The Labute approximate surface area is 236 Å². The first-order chi connectivity index (χ1) is 20.0. The molecule has 0 spiro atoms. The third kappa shape index (κ3) is 4.73. The number of aromatic nitrogens is 4. The second-order valence-electron chi connectivity index (χ2n) is 10.2. The van der Waals surface area contributed by atoms with Gasteiger partial charge in [0.1, 0.15) is 23.3 Å². The highest BCUT2D eigenvalue weighted by Gasteiger charge is 2.27. The molecule has 2 aliphatic rings. The summed E-state index contributed by atoms with van der Waals surface area (Å²) in [5.74, 6) is 1.37. The van der Waals surface area contributed by atoms with Gasteiger partial charge in [0.2, 0.25) is 11.8 Å². The van der Waals surface area contributed by atoms with Crippen LogP contribution >= 0.6 is 0 Å². The topological polar surface area (TPSA) is 114 Å². The maximum absolute atomic E-state index is 12.8. The lowest BCUT2D eigenvalue weighted by Gasteiger charge is -2.28.